The van der Waals surface area contributed by atoms with Crippen LogP contribution in [-0.4, -0.2) is 15.5 Å². The lowest BCUT2D eigenvalue weighted by Gasteiger charge is -2.16. The minimum Gasteiger partial charge on any atom is -0.467 e. The van der Waals surface area contributed by atoms with Gasteiger partial charge >= 0.3 is 0 Å². The highest BCUT2D eigenvalue weighted by Gasteiger charge is 2.20. The van der Waals surface area contributed by atoms with Crippen molar-refractivity contribution in [1.29, 1.82) is 0 Å². The fourth-order valence-corrected chi connectivity index (χ4v) is 2.36. The maximum atomic E-state index is 12.3. The Kier molecular flexibility index (Phi) is 4.05. The molecule has 0 bridgehead atoms. The summed E-state index contributed by atoms with van der Waals surface area (Å²) in [7, 11) is 0. The van der Waals surface area contributed by atoms with E-state index in [1.54, 1.807) is 12.5 Å². The number of nitrogens with one attached hydrogen (secondary N) is 1. The van der Waals surface area contributed by atoms with Crippen LogP contribution in [0, 0.1) is 6.92 Å². The number of pyridine rings is 1. The lowest BCUT2D eigenvalue weighted by molar-refractivity contribution is -0.116. The van der Waals surface area contributed by atoms with E-state index in [4.69, 9.17) is 4.42 Å². The van der Waals surface area contributed by atoms with E-state index >= 15 is 0 Å². The smallest absolute Gasteiger partial charge is 0.228 e. The van der Waals surface area contributed by atoms with Gasteiger partial charge < -0.3 is 14.3 Å². The average Bonchev–Trinajstić information content (AvgIpc) is 3.18. The van der Waals surface area contributed by atoms with Crippen molar-refractivity contribution in [3.8, 4) is 0 Å². The Morgan fingerprint density at radius 3 is 2.82 bits per heavy atom. The van der Waals surface area contributed by atoms with Gasteiger partial charge in [0.2, 0.25) is 5.91 Å². The Balaban J connectivity index is 1.75. The molecule has 0 spiro atoms. The number of aromatic nitrogens is 2. The highest BCUT2D eigenvalue weighted by atomic mass is 16.3. The first-order chi connectivity index (χ1) is 10.7. The first-order valence-corrected chi connectivity index (χ1v) is 7.11. The van der Waals surface area contributed by atoms with Gasteiger partial charge in [0.25, 0.3) is 0 Å². The van der Waals surface area contributed by atoms with Crippen LogP contribution >= 0.6 is 0 Å². The molecule has 1 N–H and O–H groups in total. The quantitative estimate of drug-likeness (QED) is 0.784. The van der Waals surface area contributed by atoms with Crippen molar-refractivity contribution < 1.29 is 9.21 Å². The maximum Gasteiger partial charge on any atom is 0.228 e. The van der Waals surface area contributed by atoms with Gasteiger partial charge in [0, 0.05) is 18.6 Å². The van der Waals surface area contributed by atoms with E-state index in [1.165, 1.54) is 0 Å². The van der Waals surface area contributed by atoms with E-state index in [-0.39, 0.29) is 18.4 Å². The van der Waals surface area contributed by atoms with Crippen molar-refractivity contribution in [2.24, 2.45) is 0 Å². The Bertz CT molecular complexity index is 699. The van der Waals surface area contributed by atoms with Crippen LogP contribution in [0.5, 0.6) is 0 Å². The molecule has 3 aromatic heterocycles. The van der Waals surface area contributed by atoms with E-state index in [0.29, 0.717) is 5.82 Å². The van der Waals surface area contributed by atoms with E-state index in [9.17, 15) is 4.79 Å². The molecule has 5 nitrogen and oxygen atoms in total. The van der Waals surface area contributed by atoms with Crippen molar-refractivity contribution in [3.63, 3.8) is 0 Å². The summed E-state index contributed by atoms with van der Waals surface area (Å²) in [4.78, 5) is 16.5. The van der Waals surface area contributed by atoms with Gasteiger partial charge in [-0.05, 0) is 48.9 Å². The zero-order chi connectivity index (χ0) is 15.4. The monoisotopic (exact) mass is 295 g/mol. The molecule has 1 atom stereocenters. The van der Waals surface area contributed by atoms with Crippen LogP contribution in [0.2, 0.25) is 0 Å². The molecule has 0 radical (unpaired) electrons. The summed E-state index contributed by atoms with van der Waals surface area (Å²) in [5.74, 6) is 1.22. The maximum absolute atomic E-state index is 12.3. The molecule has 3 aromatic rings. The molecule has 1 amide bonds. The van der Waals surface area contributed by atoms with E-state index in [1.807, 2.05) is 60.3 Å². The first-order valence-electron chi connectivity index (χ1n) is 7.11. The minimum absolute atomic E-state index is 0.104. The number of furan rings is 1. The molecule has 3 rings (SSSR count). The van der Waals surface area contributed by atoms with E-state index < -0.39 is 0 Å². The molecule has 1 unspecified atom stereocenters. The normalized spacial score (nSPS) is 12.0. The summed E-state index contributed by atoms with van der Waals surface area (Å²) in [6.45, 7) is 1.96. The third-order valence-corrected chi connectivity index (χ3v) is 3.42. The number of amides is 1. The third-order valence-electron chi connectivity index (χ3n) is 3.42. The Labute approximate surface area is 128 Å². The highest BCUT2D eigenvalue weighted by Crippen LogP contribution is 2.23. The second-order valence-corrected chi connectivity index (χ2v) is 5.13. The lowest BCUT2D eigenvalue weighted by atomic mass is 10.1. The molecule has 0 fully saturated rings. The number of carbonyl (C=O) groups is 1. The number of hydrogen-bond acceptors (Lipinski definition) is 3. The van der Waals surface area contributed by atoms with Crippen LogP contribution in [0.1, 0.15) is 23.8 Å². The summed E-state index contributed by atoms with van der Waals surface area (Å²) < 4.78 is 7.43. The van der Waals surface area contributed by atoms with Crippen LogP contribution < -0.4 is 5.32 Å². The molecule has 22 heavy (non-hydrogen) atoms. The van der Waals surface area contributed by atoms with Crippen molar-refractivity contribution in [1.82, 2.24) is 9.55 Å². The fourth-order valence-electron chi connectivity index (χ4n) is 2.36. The number of carbonyl (C=O) groups excluding carboxylic acids is 1. The number of aryl methyl sites for hydroxylation is 1. The van der Waals surface area contributed by atoms with E-state index in [2.05, 4.69) is 10.3 Å². The van der Waals surface area contributed by atoms with Crippen LogP contribution in [0.25, 0.3) is 0 Å². The molecule has 0 aliphatic rings. The number of rotatable bonds is 5. The summed E-state index contributed by atoms with van der Waals surface area (Å²) in [6, 6.07) is 11.1. The van der Waals surface area contributed by atoms with Crippen molar-refractivity contribution in [3.05, 3.63) is 72.6 Å². The summed E-state index contributed by atoms with van der Waals surface area (Å²) >= 11 is 0. The number of anilines is 1. The largest absolute Gasteiger partial charge is 0.467 e. The van der Waals surface area contributed by atoms with Gasteiger partial charge in [0.1, 0.15) is 11.6 Å². The average molecular weight is 295 g/mol. The van der Waals surface area contributed by atoms with Gasteiger partial charge in [-0.1, -0.05) is 0 Å². The van der Waals surface area contributed by atoms with Crippen LogP contribution in [0.4, 0.5) is 5.82 Å². The Hall–Kier alpha value is -2.82. The number of nitrogens with zero attached hydrogens (tertiary/aromatic N) is 2. The van der Waals surface area contributed by atoms with Gasteiger partial charge in [0.05, 0.1) is 18.7 Å². The zero-order valence-electron chi connectivity index (χ0n) is 12.3. The zero-order valence-corrected chi connectivity index (χ0v) is 12.3. The van der Waals surface area contributed by atoms with Gasteiger partial charge in [-0.25, -0.2) is 4.98 Å². The van der Waals surface area contributed by atoms with Gasteiger partial charge in [-0.15, -0.1) is 0 Å². The molecule has 0 saturated carbocycles. The summed E-state index contributed by atoms with van der Waals surface area (Å²) in [6.07, 6.45) is 7.42. The fraction of sp³-hybridized carbons (Fsp3) is 0.176. The molecule has 0 aromatic carbocycles. The third kappa shape index (κ3) is 3.25. The predicted octanol–water partition coefficient (Wildman–Crippen LogP) is 3.40. The molecule has 0 aliphatic carbocycles. The molecular formula is C17H17N3O2. The van der Waals surface area contributed by atoms with Crippen molar-refractivity contribution >= 4 is 11.7 Å². The van der Waals surface area contributed by atoms with Gasteiger partial charge in [-0.2, -0.15) is 0 Å². The first kappa shape index (κ1) is 14.1. The molecular weight excluding hydrogens is 278 g/mol. The van der Waals surface area contributed by atoms with Crippen molar-refractivity contribution in [2.75, 3.05) is 5.32 Å². The number of hydrogen-bond donors (Lipinski definition) is 1. The molecule has 0 saturated heterocycles. The molecule has 0 aliphatic heterocycles. The SMILES string of the molecule is Cc1ccnc(NC(=O)CC(c2ccco2)n2cccc2)c1. The molecule has 3 heterocycles. The van der Waals surface area contributed by atoms with Crippen LogP contribution in [0.3, 0.4) is 0 Å². The van der Waals surface area contributed by atoms with E-state index in [0.717, 1.165) is 11.3 Å². The summed E-state index contributed by atoms with van der Waals surface area (Å²) in [5, 5.41) is 2.83. The second kappa shape index (κ2) is 6.30. The molecule has 5 heteroatoms. The van der Waals surface area contributed by atoms with Crippen molar-refractivity contribution in [2.45, 2.75) is 19.4 Å². The predicted molar refractivity (Wildman–Crippen MR) is 83.5 cm³/mol. The Morgan fingerprint density at radius 2 is 2.14 bits per heavy atom. The van der Waals surface area contributed by atoms with Crippen LogP contribution in [-0.2, 0) is 4.79 Å². The topological polar surface area (TPSA) is 60.1 Å². The van der Waals surface area contributed by atoms with Crippen LogP contribution in [0.15, 0.2) is 65.7 Å². The van der Waals surface area contributed by atoms with Gasteiger partial charge in [0.15, 0.2) is 0 Å². The second-order valence-electron chi connectivity index (χ2n) is 5.13. The Morgan fingerprint density at radius 1 is 1.32 bits per heavy atom. The standard InChI is InChI=1S/C17H17N3O2/c1-13-6-7-18-16(11-13)19-17(21)12-14(15-5-4-10-22-15)20-8-2-3-9-20/h2-11,14H,12H2,1H3,(H,18,19,21). The molecule has 112 valence electrons. The van der Waals surface area contributed by atoms with Gasteiger partial charge in [-0.3, -0.25) is 4.79 Å². The summed E-state index contributed by atoms with van der Waals surface area (Å²) in [5.41, 5.74) is 1.05. The highest BCUT2D eigenvalue weighted by molar-refractivity contribution is 5.90. The lowest BCUT2D eigenvalue weighted by Crippen LogP contribution is -2.19. The minimum atomic E-state index is -0.171.